The lowest BCUT2D eigenvalue weighted by atomic mass is 9.95. The summed E-state index contributed by atoms with van der Waals surface area (Å²) in [5.41, 5.74) is 3.78. The summed E-state index contributed by atoms with van der Waals surface area (Å²) in [4.78, 5) is 14.0. The van der Waals surface area contributed by atoms with E-state index in [9.17, 15) is 4.79 Å². The summed E-state index contributed by atoms with van der Waals surface area (Å²) < 4.78 is 0. The lowest BCUT2D eigenvalue weighted by molar-refractivity contribution is -0.117. The van der Waals surface area contributed by atoms with Crippen LogP contribution in [0.5, 0.6) is 0 Å². The summed E-state index contributed by atoms with van der Waals surface area (Å²) in [6.07, 6.45) is 2.14. The van der Waals surface area contributed by atoms with E-state index in [0.717, 1.165) is 25.1 Å². The summed E-state index contributed by atoms with van der Waals surface area (Å²) in [6, 6.07) is 6.52. The molecule has 1 aromatic rings. The first-order chi connectivity index (χ1) is 8.63. The minimum atomic E-state index is 0.163. The average molecular weight is 246 g/mol. The number of nitrogens with one attached hydrogen (secondary N) is 1. The Balaban J connectivity index is 2.30. The minimum absolute atomic E-state index is 0.163. The number of likely N-dealkylation sites (N-methyl/N-ethyl adjacent to an activating group) is 1. The first-order valence-corrected chi connectivity index (χ1v) is 6.71. The normalized spacial score (nSPS) is 14.8. The number of carbonyl (C=O) groups is 1. The second-order valence-electron chi connectivity index (χ2n) is 5.22. The fraction of sp³-hybridized carbons (Fsp3) is 0.533. The number of benzene rings is 1. The molecular weight excluding hydrogens is 224 g/mol. The van der Waals surface area contributed by atoms with Gasteiger partial charge in [-0.2, -0.15) is 0 Å². The number of amides is 1. The molecule has 0 saturated carbocycles. The zero-order valence-electron chi connectivity index (χ0n) is 11.5. The molecule has 2 rings (SSSR count). The van der Waals surface area contributed by atoms with Crippen molar-refractivity contribution in [1.29, 1.82) is 0 Å². The van der Waals surface area contributed by atoms with Crippen molar-refractivity contribution in [2.75, 3.05) is 25.0 Å². The molecule has 1 aliphatic heterocycles. The molecular formula is C15H22N2O. The number of fused-ring (bicyclic) bond motifs is 1. The van der Waals surface area contributed by atoms with Crippen LogP contribution in [0.3, 0.4) is 0 Å². The van der Waals surface area contributed by atoms with E-state index in [1.54, 1.807) is 0 Å². The second kappa shape index (κ2) is 5.53. The SMILES string of the molecule is CNCC(=O)N1CCCc2cc(C(C)C)ccc21. The molecule has 0 saturated heterocycles. The Bertz CT molecular complexity index is 440. The first kappa shape index (κ1) is 13.1. The van der Waals surface area contributed by atoms with Crippen LogP contribution >= 0.6 is 0 Å². The van der Waals surface area contributed by atoms with Gasteiger partial charge in [-0.25, -0.2) is 0 Å². The van der Waals surface area contributed by atoms with Crippen molar-refractivity contribution in [3.8, 4) is 0 Å². The Kier molecular flexibility index (Phi) is 4.02. The zero-order chi connectivity index (χ0) is 13.1. The Morgan fingerprint density at radius 3 is 2.89 bits per heavy atom. The number of aryl methyl sites for hydroxylation is 1. The van der Waals surface area contributed by atoms with Gasteiger partial charge in [-0.1, -0.05) is 26.0 Å². The number of rotatable bonds is 3. The topological polar surface area (TPSA) is 32.3 Å². The third kappa shape index (κ3) is 2.56. The van der Waals surface area contributed by atoms with Crippen LogP contribution in [0, 0.1) is 0 Å². The van der Waals surface area contributed by atoms with Crippen molar-refractivity contribution >= 4 is 11.6 Å². The molecule has 0 unspecified atom stereocenters. The van der Waals surface area contributed by atoms with E-state index < -0.39 is 0 Å². The van der Waals surface area contributed by atoms with Gasteiger partial charge in [0.1, 0.15) is 0 Å². The van der Waals surface area contributed by atoms with Gasteiger partial charge >= 0.3 is 0 Å². The van der Waals surface area contributed by atoms with Crippen LogP contribution in [0.15, 0.2) is 18.2 Å². The quantitative estimate of drug-likeness (QED) is 0.887. The van der Waals surface area contributed by atoms with Gasteiger partial charge in [-0.3, -0.25) is 4.79 Å². The fourth-order valence-corrected chi connectivity index (χ4v) is 2.48. The highest BCUT2D eigenvalue weighted by Crippen LogP contribution is 2.30. The Labute approximate surface area is 109 Å². The van der Waals surface area contributed by atoms with Crippen molar-refractivity contribution in [2.45, 2.75) is 32.6 Å². The highest BCUT2D eigenvalue weighted by atomic mass is 16.2. The molecule has 3 heteroatoms. The van der Waals surface area contributed by atoms with Crippen LogP contribution in [0.4, 0.5) is 5.69 Å². The third-order valence-electron chi connectivity index (χ3n) is 3.52. The first-order valence-electron chi connectivity index (χ1n) is 6.71. The van der Waals surface area contributed by atoms with Crippen molar-refractivity contribution in [1.82, 2.24) is 5.32 Å². The number of carbonyl (C=O) groups excluding carboxylic acids is 1. The second-order valence-corrected chi connectivity index (χ2v) is 5.22. The largest absolute Gasteiger partial charge is 0.311 e. The molecule has 3 nitrogen and oxygen atoms in total. The van der Waals surface area contributed by atoms with Crippen LogP contribution in [-0.4, -0.2) is 26.0 Å². The van der Waals surface area contributed by atoms with Gasteiger partial charge in [0.2, 0.25) is 5.91 Å². The molecule has 1 heterocycles. The summed E-state index contributed by atoms with van der Waals surface area (Å²) in [5, 5.41) is 2.93. The van der Waals surface area contributed by atoms with Crippen LogP contribution in [0.2, 0.25) is 0 Å². The molecule has 0 atom stereocenters. The maximum atomic E-state index is 12.0. The molecule has 1 aromatic carbocycles. The standard InChI is InChI=1S/C15H22N2O/c1-11(2)12-6-7-14-13(9-12)5-4-8-17(14)15(18)10-16-3/h6-7,9,11,16H,4-5,8,10H2,1-3H3. The van der Waals surface area contributed by atoms with Crippen molar-refractivity contribution in [3.63, 3.8) is 0 Å². The minimum Gasteiger partial charge on any atom is -0.311 e. The van der Waals surface area contributed by atoms with E-state index in [1.165, 1.54) is 11.1 Å². The molecule has 0 bridgehead atoms. The number of hydrogen-bond donors (Lipinski definition) is 1. The van der Waals surface area contributed by atoms with Gasteiger partial charge in [-0.15, -0.1) is 0 Å². The van der Waals surface area contributed by atoms with Gasteiger partial charge < -0.3 is 10.2 Å². The van der Waals surface area contributed by atoms with Crippen LogP contribution in [0.1, 0.15) is 37.3 Å². The average Bonchev–Trinajstić information content (AvgIpc) is 2.37. The molecule has 98 valence electrons. The van der Waals surface area contributed by atoms with Crippen LogP contribution < -0.4 is 10.2 Å². The Hall–Kier alpha value is -1.35. The lowest BCUT2D eigenvalue weighted by Gasteiger charge is -2.30. The van der Waals surface area contributed by atoms with E-state index in [2.05, 4.69) is 37.4 Å². The van der Waals surface area contributed by atoms with E-state index >= 15 is 0 Å². The summed E-state index contributed by atoms with van der Waals surface area (Å²) in [7, 11) is 1.81. The number of anilines is 1. The molecule has 1 N–H and O–H groups in total. The molecule has 1 aliphatic rings. The van der Waals surface area contributed by atoms with Gasteiger partial charge in [0.25, 0.3) is 0 Å². The summed E-state index contributed by atoms with van der Waals surface area (Å²) in [6.45, 7) is 5.66. The Morgan fingerprint density at radius 1 is 1.44 bits per heavy atom. The summed E-state index contributed by atoms with van der Waals surface area (Å²) in [5.74, 6) is 0.703. The fourth-order valence-electron chi connectivity index (χ4n) is 2.48. The maximum Gasteiger partial charge on any atom is 0.240 e. The monoisotopic (exact) mass is 246 g/mol. The maximum absolute atomic E-state index is 12.0. The zero-order valence-corrected chi connectivity index (χ0v) is 11.5. The predicted octanol–water partition coefficient (Wildman–Crippen LogP) is 2.31. The molecule has 0 aliphatic carbocycles. The number of hydrogen-bond acceptors (Lipinski definition) is 2. The van der Waals surface area contributed by atoms with Crippen molar-refractivity contribution < 1.29 is 4.79 Å². The smallest absolute Gasteiger partial charge is 0.240 e. The van der Waals surface area contributed by atoms with Crippen LogP contribution in [-0.2, 0) is 11.2 Å². The molecule has 0 spiro atoms. The summed E-state index contributed by atoms with van der Waals surface area (Å²) >= 11 is 0. The van der Waals surface area contributed by atoms with E-state index in [4.69, 9.17) is 0 Å². The highest BCUT2D eigenvalue weighted by molar-refractivity contribution is 5.96. The predicted molar refractivity (Wildman–Crippen MR) is 75.1 cm³/mol. The molecule has 0 fully saturated rings. The molecule has 1 amide bonds. The van der Waals surface area contributed by atoms with Gasteiger partial charge in [0, 0.05) is 12.2 Å². The molecule has 0 radical (unpaired) electrons. The highest BCUT2D eigenvalue weighted by Gasteiger charge is 2.22. The molecule has 18 heavy (non-hydrogen) atoms. The Morgan fingerprint density at radius 2 is 2.22 bits per heavy atom. The van der Waals surface area contributed by atoms with Crippen molar-refractivity contribution in [3.05, 3.63) is 29.3 Å². The van der Waals surface area contributed by atoms with Gasteiger partial charge in [-0.05, 0) is 43.0 Å². The van der Waals surface area contributed by atoms with E-state index in [0.29, 0.717) is 12.5 Å². The van der Waals surface area contributed by atoms with Gasteiger partial charge in [0.05, 0.1) is 6.54 Å². The van der Waals surface area contributed by atoms with Crippen molar-refractivity contribution in [2.24, 2.45) is 0 Å². The van der Waals surface area contributed by atoms with E-state index in [1.807, 2.05) is 11.9 Å². The molecule has 0 aromatic heterocycles. The number of nitrogens with zero attached hydrogens (tertiary/aromatic N) is 1. The van der Waals surface area contributed by atoms with Crippen LogP contribution in [0.25, 0.3) is 0 Å². The lowest BCUT2D eigenvalue weighted by Crippen LogP contribution is -2.40. The van der Waals surface area contributed by atoms with Gasteiger partial charge in [0.15, 0.2) is 0 Å². The van der Waals surface area contributed by atoms with E-state index in [-0.39, 0.29) is 5.91 Å². The third-order valence-corrected chi connectivity index (χ3v) is 3.52.